The molecule has 9 heteroatoms. The Morgan fingerprint density at radius 2 is 1.88 bits per heavy atom. The molecule has 1 aromatic heterocycles. The van der Waals surface area contributed by atoms with E-state index in [0.29, 0.717) is 17.9 Å². The summed E-state index contributed by atoms with van der Waals surface area (Å²) in [5, 5.41) is 6.77. The molecular weight excluding hydrogens is 415 g/mol. The molecule has 0 saturated carbocycles. The van der Waals surface area contributed by atoms with Crippen LogP contribution in [-0.2, 0) is 11.3 Å². The first kappa shape index (κ1) is 21.6. The second-order valence-corrected chi connectivity index (χ2v) is 7.74. The Morgan fingerprint density at radius 1 is 1.16 bits per heavy atom. The van der Waals surface area contributed by atoms with E-state index in [4.69, 9.17) is 4.74 Å². The van der Waals surface area contributed by atoms with Gasteiger partial charge in [0.15, 0.2) is 0 Å². The molecule has 8 nitrogen and oxygen atoms in total. The van der Waals surface area contributed by atoms with Crippen molar-refractivity contribution in [2.24, 2.45) is 0 Å². The molecule has 2 heterocycles. The molecule has 0 aliphatic carbocycles. The van der Waals surface area contributed by atoms with Gasteiger partial charge in [-0.1, -0.05) is 29.8 Å². The molecule has 1 aliphatic heterocycles. The molecule has 1 unspecified atom stereocenters. The SMILES string of the molecule is Cc1ccc(-n2nc(C(=O)NCC3CCCO3)c(=O)n(Cc3ccc(F)cc3)c2=O)cc1. The molecule has 0 bridgehead atoms. The van der Waals surface area contributed by atoms with Crippen LogP contribution in [0.15, 0.2) is 58.1 Å². The zero-order valence-corrected chi connectivity index (χ0v) is 17.6. The number of halogens is 1. The summed E-state index contributed by atoms with van der Waals surface area (Å²) < 4.78 is 20.7. The molecular formula is C23H23FN4O4. The smallest absolute Gasteiger partial charge is 0.352 e. The minimum absolute atomic E-state index is 0.108. The average Bonchev–Trinajstić information content (AvgIpc) is 3.31. The van der Waals surface area contributed by atoms with Crippen LogP contribution in [0.2, 0.25) is 0 Å². The molecule has 3 aromatic rings. The van der Waals surface area contributed by atoms with Gasteiger partial charge in [-0.25, -0.2) is 9.18 Å². The Labute approximate surface area is 183 Å². The molecule has 1 fully saturated rings. The van der Waals surface area contributed by atoms with Gasteiger partial charge < -0.3 is 10.1 Å². The van der Waals surface area contributed by atoms with Crippen LogP contribution in [-0.4, -0.2) is 39.5 Å². The van der Waals surface area contributed by atoms with E-state index in [-0.39, 0.29) is 19.2 Å². The number of carbonyl (C=O) groups excluding carboxylic acids is 1. The van der Waals surface area contributed by atoms with Crippen LogP contribution in [0.1, 0.15) is 34.5 Å². The number of carbonyl (C=O) groups is 1. The maximum atomic E-state index is 13.3. The first-order chi connectivity index (χ1) is 15.4. The lowest BCUT2D eigenvalue weighted by Gasteiger charge is -2.14. The minimum atomic E-state index is -0.812. The Kier molecular flexibility index (Phi) is 6.27. The predicted octanol–water partition coefficient (Wildman–Crippen LogP) is 1.80. The van der Waals surface area contributed by atoms with E-state index in [1.165, 1.54) is 24.3 Å². The number of hydrogen-bond acceptors (Lipinski definition) is 5. The first-order valence-electron chi connectivity index (χ1n) is 10.4. The van der Waals surface area contributed by atoms with Crippen molar-refractivity contribution < 1.29 is 13.9 Å². The minimum Gasteiger partial charge on any atom is -0.376 e. The molecule has 2 aromatic carbocycles. The lowest BCUT2D eigenvalue weighted by molar-refractivity contribution is 0.0849. The standard InChI is InChI=1S/C23H23FN4O4/c1-15-4-10-18(11-5-15)28-23(31)27(14-16-6-8-17(24)9-7-16)22(30)20(26-28)21(29)25-13-19-3-2-12-32-19/h4-11,19H,2-3,12-14H2,1H3,(H,25,29). The highest BCUT2D eigenvalue weighted by molar-refractivity contribution is 5.91. The van der Waals surface area contributed by atoms with Crippen molar-refractivity contribution in [3.05, 3.63) is 92.0 Å². The second-order valence-electron chi connectivity index (χ2n) is 7.74. The third-order valence-corrected chi connectivity index (χ3v) is 5.32. The fourth-order valence-corrected chi connectivity index (χ4v) is 3.52. The normalized spacial score (nSPS) is 15.6. The largest absolute Gasteiger partial charge is 0.376 e. The van der Waals surface area contributed by atoms with Crippen LogP contribution < -0.4 is 16.6 Å². The number of benzene rings is 2. The molecule has 4 rings (SSSR count). The van der Waals surface area contributed by atoms with Crippen LogP contribution in [0.3, 0.4) is 0 Å². The topological polar surface area (TPSA) is 95.2 Å². The van der Waals surface area contributed by atoms with Gasteiger partial charge in [-0.3, -0.25) is 14.2 Å². The van der Waals surface area contributed by atoms with Gasteiger partial charge in [0, 0.05) is 13.2 Å². The van der Waals surface area contributed by atoms with E-state index < -0.39 is 28.7 Å². The number of rotatable bonds is 6. The highest BCUT2D eigenvalue weighted by atomic mass is 19.1. The van der Waals surface area contributed by atoms with Crippen molar-refractivity contribution in [2.75, 3.05) is 13.2 Å². The van der Waals surface area contributed by atoms with Gasteiger partial charge in [-0.15, -0.1) is 0 Å². The molecule has 1 aliphatic rings. The lowest BCUT2D eigenvalue weighted by atomic mass is 10.2. The van der Waals surface area contributed by atoms with Crippen molar-refractivity contribution in [1.82, 2.24) is 19.7 Å². The van der Waals surface area contributed by atoms with Gasteiger partial charge in [-0.2, -0.15) is 9.78 Å². The fraction of sp³-hybridized carbons (Fsp3) is 0.304. The first-order valence-corrected chi connectivity index (χ1v) is 10.4. The van der Waals surface area contributed by atoms with Gasteiger partial charge in [0.25, 0.3) is 11.5 Å². The van der Waals surface area contributed by atoms with Crippen LogP contribution in [0.25, 0.3) is 5.69 Å². The van der Waals surface area contributed by atoms with Gasteiger partial charge >= 0.3 is 5.69 Å². The van der Waals surface area contributed by atoms with Crippen molar-refractivity contribution in [2.45, 2.75) is 32.4 Å². The fourth-order valence-electron chi connectivity index (χ4n) is 3.52. The number of aryl methyl sites for hydroxylation is 1. The van der Waals surface area contributed by atoms with E-state index in [1.54, 1.807) is 24.3 Å². The Morgan fingerprint density at radius 3 is 2.53 bits per heavy atom. The summed E-state index contributed by atoms with van der Waals surface area (Å²) in [5.74, 6) is -1.11. The number of ether oxygens (including phenoxy) is 1. The molecule has 1 atom stereocenters. The van der Waals surface area contributed by atoms with Crippen LogP contribution in [0.4, 0.5) is 4.39 Å². The predicted molar refractivity (Wildman–Crippen MR) is 116 cm³/mol. The van der Waals surface area contributed by atoms with Gasteiger partial charge in [0.2, 0.25) is 5.69 Å². The number of nitrogens with one attached hydrogen (secondary N) is 1. The van der Waals surface area contributed by atoms with Crippen molar-refractivity contribution >= 4 is 5.91 Å². The van der Waals surface area contributed by atoms with Crippen molar-refractivity contribution in [3.8, 4) is 5.69 Å². The van der Waals surface area contributed by atoms with Crippen LogP contribution >= 0.6 is 0 Å². The van der Waals surface area contributed by atoms with Crippen LogP contribution in [0, 0.1) is 12.7 Å². The molecule has 1 N–H and O–H groups in total. The number of hydrogen-bond donors (Lipinski definition) is 1. The maximum Gasteiger partial charge on any atom is 0.352 e. The highest BCUT2D eigenvalue weighted by Gasteiger charge is 2.22. The van der Waals surface area contributed by atoms with E-state index in [9.17, 15) is 18.8 Å². The quantitative estimate of drug-likeness (QED) is 0.633. The Bertz CT molecular complexity index is 1230. The third-order valence-electron chi connectivity index (χ3n) is 5.32. The summed E-state index contributed by atoms with van der Waals surface area (Å²) in [4.78, 5) is 39.0. The molecule has 1 amide bonds. The monoisotopic (exact) mass is 438 g/mol. The van der Waals surface area contributed by atoms with E-state index in [2.05, 4.69) is 10.4 Å². The lowest BCUT2D eigenvalue weighted by Crippen LogP contribution is -2.46. The molecule has 32 heavy (non-hydrogen) atoms. The summed E-state index contributed by atoms with van der Waals surface area (Å²) in [5.41, 5.74) is 0.0345. The number of amides is 1. The van der Waals surface area contributed by atoms with Crippen molar-refractivity contribution in [3.63, 3.8) is 0 Å². The summed E-state index contributed by atoms with van der Waals surface area (Å²) in [6.45, 7) is 2.67. The number of nitrogens with zero attached hydrogens (tertiary/aromatic N) is 3. The molecule has 0 radical (unpaired) electrons. The highest BCUT2D eigenvalue weighted by Crippen LogP contribution is 2.11. The zero-order valence-electron chi connectivity index (χ0n) is 17.6. The third kappa shape index (κ3) is 4.67. The van der Waals surface area contributed by atoms with E-state index in [1.807, 2.05) is 6.92 Å². The van der Waals surface area contributed by atoms with Gasteiger partial charge in [0.1, 0.15) is 5.82 Å². The summed E-state index contributed by atoms with van der Waals surface area (Å²) in [6, 6.07) is 12.4. The van der Waals surface area contributed by atoms with Crippen molar-refractivity contribution in [1.29, 1.82) is 0 Å². The van der Waals surface area contributed by atoms with E-state index >= 15 is 0 Å². The summed E-state index contributed by atoms with van der Waals surface area (Å²) in [6.07, 6.45) is 1.64. The average molecular weight is 438 g/mol. The zero-order chi connectivity index (χ0) is 22.7. The summed E-state index contributed by atoms with van der Waals surface area (Å²) >= 11 is 0. The Hall–Kier alpha value is -3.59. The summed E-state index contributed by atoms with van der Waals surface area (Å²) in [7, 11) is 0. The maximum absolute atomic E-state index is 13.3. The van der Waals surface area contributed by atoms with Gasteiger partial charge in [-0.05, 0) is 49.6 Å². The van der Waals surface area contributed by atoms with Gasteiger partial charge in [0.05, 0.1) is 18.3 Å². The van der Waals surface area contributed by atoms with Crippen LogP contribution in [0.5, 0.6) is 0 Å². The molecule has 1 saturated heterocycles. The second kappa shape index (κ2) is 9.27. The molecule has 0 spiro atoms. The Balaban J connectivity index is 1.75. The molecule has 166 valence electrons. The van der Waals surface area contributed by atoms with E-state index in [0.717, 1.165) is 27.7 Å². The number of aromatic nitrogens is 3.